The predicted molar refractivity (Wildman–Crippen MR) is 84.0 cm³/mol. The molecule has 4 nitrogen and oxygen atoms in total. The minimum absolute atomic E-state index is 0.152. The first-order chi connectivity index (χ1) is 10.3. The van der Waals surface area contributed by atoms with E-state index in [1.165, 1.54) is 12.0 Å². The highest BCUT2D eigenvalue weighted by atomic mass is 16.1. The Morgan fingerprint density at radius 2 is 1.71 bits per heavy atom. The highest BCUT2D eigenvalue weighted by Gasteiger charge is 2.24. The summed E-state index contributed by atoms with van der Waals surface area (Å²) in [7, 11) is 0. The first-order valence-electron chi connectivity index (χ1n) is 7.35. The number of rotatable bonds is 5. The second-order valence-electron chi connectivity index (χ2n) is 5.40. The van der Waals surface area contributed by atoms with Gasteiger partial charge in [-0.2, -0.15) is 0 Å². The number of aromatic nitrogens is 1. The van der Waals surface area contributed by atoms with E-state index in [1.54, 1.807) is 12.4 Å². The van der Waals surface area contributed by atoms with Gasteiger partial charge in [0.15, 0.2) is 0 Å². The van der Waals surface area contributed by atoms with Crippen molar-refractivity contribution in [3.05, 3.63) is 54.4 Å². The number of carbonyl (C=O) groups is 1. The number of hydrogen-bond acceptors (Lipinski definition) is 3. The first-order valence-corrected chi connectivity index (χ1v) is 7.35. The van der Waals surface area contributed by atoms with E-state index in [0.29, 0.717) is 0 Å². The molecule has 0 atom stereocenters. The Labute approximate surface area is 124 Å². The van der Waals surface area contributed by atoms with Gasteiger partial charge in [-0.1, -0.05) is 6.42 Å². The van der Waals surface area contributed by atoms with Crippen LogP contribution in [0.25, 0.3) is 0 Å². The number of benzene rings is 1. The summed E-state index contributed by atoms with van der Waals surface area (Å²) < 4.78 is 0. The molecule has 3 rings (SSSR count). The highest BCUT2D eigenvalue weighted by molar-refractivity contribution is 5.93. The van der Waals surface area contributed by atoms with Crippen molar-refractivity contribution in [1.29, 1.82) is 0 Å². The van der Waals surface area contributed by atoms with Crippen molar-refractivity contribution >= 4 is 17.3 Å². The second-order valence-corrected chi connectivity index (χ2v) is 5.40. The van der Waals surface area contributed by atoms with Crippen LogP contribution in [0.4, 0.5) is 11.4 Å². The van der Waals surface area contributed by atoms with Crippen LogP contribution in [0.15, 0.2) is 48.8 Å². The van der Waals surface area contributed by atoms with Gasteiger partial charge < -0.3 is 10.6 Å². The maximum atomic E-state index is 11.9. The summed E-state index contributed by atoms with van der Waals surface area (Å²) >= 11 is 0. The van der Waals surface area contributed by atoms with Crippen LogP contribution in [0.1, 0.15) is 24.8 Å². The Morgan fingerprint density at radius 3 is 2.33 bits per heavy atom. The van der Waals surface area contributed by atoms with Crippen LogP contribution in [0.5, 0.6) is 0 Å². The van der Waals surface area contributed by atoms with E-state index in [1.807, 2.05) is 36.4 Å². The van der Waals surface area contributed by atoms with Crippen molar-refractivity contribution in [3.63, 3.8) is 0 Å². The van der Waals surface area contributed by atoms with Crippen molar-refractivity contribution in [2.24, 2.45) is 5.92 Å². The normalized spacial score (nSPS) is 14.3. The molecule has 0 saturated heterocycles. The van der Waals surface area contributed by atoms with Gasteiger partial charge in [0, 0.05) is 36.2 Å². The van der Waals surface area contributed by atoms with Gasteiger partial charge in [-0.3, -0.25) is 9.78 Å². The lowest BCUT2D eigenvalue weighted by atomic mass is 9.85. The van der Waals surface area contributed by atoms with Gasteiger partial charge >= 0.3 is 0 Å². The Kier molecular flexibility index (Phi) is 4.15. The summed E-state index contributed by atoms with van der Waals surface area (Å²) in [6.45, 7) is 0.760. The fourth-order valence-corrected chi connectivity index (χ4v) is 2.29. The van der Waals surface area contributed by atoms with Gasteiger partial charge in [0.05, 0.1) is 0 Å². The van der Waals surface area contributed by atoms with Gasteiger partial charge in [-0.25, -0.2) is 0 Å². The molecule has 0 bridgehead atoms. The lowest BCUT2D eigenvalue weighted by molar-refractivity contribution is -0.122. The topological polar surface area (TPSA) is 54.0 Å². The third-order valence-corrected chi connectivity index (χ3v) is 3.87. The van der Waals surface area contributed by atoms with Crippen LogP contribution < -0.4 is 10.6 Å². The van der Waals surface area contributed by atoms with Crippen LogP contribution in [-0.2, 0) is 11.3 Å². The molecule has 1 aliphatic rings. The van der Waals surface area contributed by atoms with Gasteiger partial charge in [0.1, 0.15) is 0 Å². The summed E-state index contributed by atoms with van der Waals surface area (Å²) in [4.78, 5) is 15.9. The van der Waals surface area contributed by atoms with Crippen LogP contribution in [0.3, 0.4) is 0 Å². The lowest BCUT2D eigenvalue weighted by Gasteiger charge is -2.24. The van der Waals surface area contributed by atoms with Gasteiger partial charge in [0.2, 0.25) is 5.91 Å². The van der Waals surface area contributed by atoms with E-state index in [0.717, 1.165) is 30.8 Å². The van der Waals surface area contributed by atoms with Crippen molar-refractivity contribution < 1.29 is 4.79 Å². The molecule has 108 valence electrons. The molecule has 1 amide bonds. The molecule has 0 spiro atoms. The number of nitrogens with zero attached hydrogens (tertiary/aromatic N) is 1. The molecule has 21 heavy (non-hydrogen) atoms. The summed E-state index contributed by atoms with van der Waals surface area (Å²) in [6, 6.07) is 11.8. The van der Waals surface area contributed by atoms with Crippen LogP contribution >= 0.6 is 0 Å². The van der Waals surface area contributed by atoms with E-state index in [9.17, 15) is 4.79 Å². The lowest BCUT2D eigenvalue weighted by Crippen LogP contribution is -2.27. The van der Waals surface area contributed by atoms with Crippen molar-refractivity contribution in [2.75, 3.05) is 10.6 Å². The Balaban J connectivity index is 1.52. The molecule has 1 aromatic heterocycles. The Morgan fingerprint density at radius 1 is 1.05 bits per heavy atom. The molecule has 1 fully saturated rings. The van der Waals surface area contributed by atoms with Crippen LogP contribution in [0.2, 0.25) is 0 Å². The number of nitrogens with one attached hydrogen (secondary N) is 2. The summed E-state index contributed by atoms with van der Waals surface area (Å²) in [5.74, 6) is 0.369. The zero-order chi connectivity index (χ0) is 14.5. The smallest absolute Gasteiger partial charge is 0.227 e. The molecule has 0 radical (unpaired) electrons. The standard InChI is InChI=1S/C17H19N3O/c21-17(14-2-1-3-14)20-16-6-4-15(5-7-16)19-12-13-8-10-18-11-9-13/h4-11,14,19H,1-3,12H2,(H,20,21). The van der Waals surface area contributed by atoms with E-state index >= 15 is 0 Å². The molecular weight excluding hydrogens is 262 g/mol. The minimum Gasteiger partial charge on any atom is -0.381 e. The van der Waals surface area contributed by atoms with Crippen molar-refractivity contribution in [1.82, 2.24) is 4.98 Å². The van der Waals surface area contributed by atoms with E-state index in [-0.39, 0.29) is 11.8 Å². The Hall–Kier alpha value is -2.36. The largest absolute Gasteiger partial charge is 0.381 e. The SMILES string of the molecule is O=C(Nc1ccc(NCc2ccncc2)cc1)C1CCC1. The fraction of sp³-hybridized carbons (Fsp3) is 0.294. The summed E-state index contributed by atoms with van der Waals surface area (Å²) in [6.07, 6.45) is 6.80. The average molecular weight is 281 g/mol. The van der Waals surface area contributed by atoms with Gasteiger partial charge in [-0.05, 0) is 54.8 Å². The maximum absolute atomic E-state index is 11.9. The summed E-state index contributed by atoms with van der Waals surface area (Å²) in [5, 5.41) is 6.32. The van der Waals surface area contributed by atoms with Crippen LogP contribution in [0, 0.1) is 5.92 Å². The third kappa shape index (κ3) is 3.60. The zero-order valence-corrected chi connectivity index (χ0v) is 11.9. The van der Waals surface area contributed by atoms with Crippen LogP contribution in [-0.4, -0.2) is 10.9 Å². The molecule has 2 N–H and O–H groups in total. The number of carbonyl (C=O) groups excluding carboxylic acids is 1. The zero-order valence-electron chi connectivity index (χ0n) is 11.9. The molecule has 1 heterocycles. The van der Waals surface area contributed by atoms with Crippen molar-refractivity contribution in [3.8, 4) is 0 Å². The van der Waals surface area contributed by atoms with E-state index < -0.39 is 0 Å². The number of amides is 1. The van der Waals surface area contributed by atoms with E-state index in [4.69, 9.17) is 0 Å². The minimum atomic E-state index is 0.152. The predicted octanol–water partition coefficient (Wildman–Crippen LogP) is 3.43. The third-order valence-electron chi connectivity index (χ3n) is 3.87. The molecular formula is C17H19N3O. The van der Waals surface area contributed by atoms with Crippen molar-refractivity contribution in [2.45, 2.75) is 25.8 Å². The Bertz CT molecular complexity index is 591. The number of hydrogen-bond donors (Lipinski definition) is 2. The quantitative estimate of drug-likeness (QED) is 0.882. The molecule has 1 saturated carbocycles. The second kappa shape index (κ2) is 6.39. The molecule has 4 heteroatoms. The summed E-state index contributed by atoms with van der Waals surface area (Å²) in [5.41, 5.74) is 3.09. The average Bonchev–Trinajstić information content (AvgIpc) is 2.46. The number of anilines is 2. The number of pyridine rings is 1. The molecule has 0 unspecified atom stereocenters. The molecule has 2 aromatic rings. The first kappa shape index (κ1) is 13.6. The van der Waals surface area contributed by atoms with Gasteiger partial charge in [0.25, 0.3) is 0 Å². The fourth-order valence-electron chi connectivity index (χ4n) is 2.29. The monoisotopic (exact) mass is 281 g/mol. The van der Waals surface area contributed by atoms with Gasteiger partial charge in [-0.15, -0.1) is 0 Å². The molecule has 1 aromatic carbocycles. The highest BCUT2D eigenvalue weighted by Crippen LogP contribution is 2.27. The molecule has 1 aliphatic carbocycles. The maximum Gasteiger partial charge on any atom is 0.227 e. The molecule has 0 aliphatic heterocycles. The van der Waals surface area contributed by atoms with E-state index in [2.05, 4.69) is 15.6 Å².